The van der Waals surface area contributed by atoms with E-state index in [1.165, 1.54) is 38.5 Å². The molecule has 0 aromatic rings. The molecule has 1 heterocycles. The average Bonchev–Trinajstić information content (AvgIpc) is 2.95. The van der Waals surface area contributed by atoms with Gasteiger partial charge in [-0.1, -0.05) is 19.8 Å². The Morgan fingerprint density at radius 1 is 1.28 bits per heavy atom. The third-order valence-electron chi connectivity index (χ3n) is 5.04. The number of nitrogens with one attached hydrogen (secondary N) is 1. The first-order valence-corrected chi connectivity index (χ1v) is 7.85. The molecule has 0 radical (unpaired) electrons. The van der Waals surface area contributed by atoms with Crippen molar-refractivity contribution in [3.8, 4) is 0 Å². The topological polar surface area (TPSA) is 32.3 Å². The molecule has 0 bridgehead atoms. The minimum Gasteiger partial charge on any atom is -0.338 e. The Labute approximate surface area is 110 Å². The lowest BCUT2D eigenvalue weighted by Crippen LogP contribution is -2.47. The van der Waals surface area contributed by atoms with Gasteiger partial charge in [0.2, 0.25) is 5.91 Å². The first kappa shape index (κ1) is 12.5. The Morgan fingerprint density at radius 2 is 2.11 bits per heavy atom. The van der Waals surface area contributed by atoms with Gasteiger partial charge in [-0.15, -0.1) is 0 Å². The molecular formula is C15H26N2O. The molecule has 18 heavy (non-hydrogen) atoms. The van der Waals surface area contributed by atoms with Crippen molar-refractivity contribution in [1.29, 1.82) is 0 Å². The summed E-state index contributed by atoms with van der Waals surface area (Å²) in [6, 6.07) is 0.723. The Balaban J connectivity index is 1.64. The van der Waals surface area contributed by atoms with Crippen molar-refractivity contribution in [3.63, 3.8) is 0 Å². The van der Waals surface area contributed by atoms with Gasteiger partial charge in [-0.3, -0.25) is 4.79 Å². The third kappa shape index (κ3) is 2.29. The average molecular weight is 250 g/mol. The molecular weight excluding hydrogens is 224 g/mol. The van der Waals surface area contributed by atoms with Crippen LogP contribution in [0, 0.1) is 11.8 Å². The monoisotopic (exact) mass is 250 g/mol. The van der Waals surface area contributed by atoms with E-state index in [-0.39, 0.29) is 6.04 Å². The first-order valence-electron chi connectivity index (χ1n) is 7.85. The van der Waals surface area contributed by atoms with Gasteiger partial charge in [-0.05, 0) is 50.5 Å². The molecule has 0 spiro atoms. The first-order chi connectivity index (χ1) is 8.81. The molecule has 1 aliphatic heterocycles. The lowest BCUT2D eigenvalue weighted by atomic mass is 9.93. The largest absolute Gasteiger partial charge is 0.338 e. The van der Waals surface area contributed by atoms with E-state index in [1.54, 1.807) is 0 Å². The summed E-state index contributed by atoms with van der Waals surface area (Å²) < 4.78 is 0. The van der Waals surface area contributed by atoms with Crippen LogP contribution in [-0.2, 0) is 4.79 Å². The Bertz CT molecular complexity index is 314. The van der Waals surface area contributed by atoms with Crippen LogP contribution in [0.1, 0.15) is 51.9 Å². The lowest BCUT2D eigenvalue weighted by molar-refractivity contribution is -0.134. The summed E-state index contributed by atoms with van der Waals surface area (Å²) in [7, 11) is 0. The van der Waals surface area contributed by atoms with Gasteiger partial charge < -0.3 is 10.2 Å². The van der Waals surface area contributed by atoms with Crippen LogP contribution in [0.15, 0.2) is 0 Å². The molecule has 0 aromatic heterocycles. The second-order valence-electron chi connectivity index (χ2n) is 6.36. The highest BCUT2D eigenvalue weighted by molar-refractivity contribution is 5.83. The molecule has 3 atom stereocenters. The summed E-state index contributed by atoms with van der Waals surface area (Å²) >= 11 is 0. The minimum absolute atomic E-state index is 0.148. The number of amides is 1. The zero-order valence-electron chi connectivity index (χ0n) is 11.5. The summed E-state index contributed by atoms with van der Waals surface area (Å²) in [4.78, 5) is 14.9. The standard InChI is InChI=1S/C15H26N2O/c1-2-3-9-17(12-7-8-12)15(18)14-13-6-4-5-11(13)10-16-14/h11-14,16H,2-10H2,1H3. The molecule has 0 aromatic carbocycles. The molecule has 2 aliphatic carbocycles. The van der Waals surface area contributed by atoms with Gasteiger partial charge in [-0.25, -0.2) is 0 Å². The number of carbonyl (C=O) groups is 1. The molecule has 3 rings (SSSR count). The quantitative estimate of drug-likeness (QED) is 0.811. The van der Waals surface area contributed by atoms with Crippen LogP contribution in [0.25, 0.3) is 0 Å². The van der Waals surface area contributed by atoms with Crippen LogP contribution >= 0.6 is 0 Å². The van der Waals surface area contributed by atoms with Gasteiger partial charge in [-0.2, -0.15) is 0 Å². The van der Waals surface area contributed by atoms with Gasteiger partial charge in [0.1, 0.15) is 0 Å². The highest BCUT2D eigenvalue weighted by atomic mass is 16.2. The summed E-state index contributed by atoms with van der Waals surface area (Å²) in [6.45, 7) is 4.26. The zero-order valence-corrected chi connectivity index (χ0v) is 11.5. The van der Waals surface area contributed by atoms with E-state index in [9.17, 15) is 4.79 Å². The van der Waals surface area contributed by atoms with Crippen LogP contribution < -0.4 is 5.32 Å². The fraction of sp³-hybridized carbons (Fsp3) is 0.933. The summed E-state index contributed by atoms with van der Waals surface area (Å²) in [5, 5.41) is 3.51. The molecule has 1 N–H and O–H groups in total. The maximum Gasteiger partial charge on any atom is 0.240 e. The SMILES string of the molecule is CCCCN(C(=O)C1NCC2CCCC21)C1CC1. The van der Waals surface area contributed by atoms with E-state index in [1.807, 2.05) is 0 Å². The Kier molecular flexibility index (Phi) is 3.60. The predicted octanol–water partition coefficient (Wildman–Crippen LogP) is 2.17. The summed E-state index contributed by atoms with van der Waals surface area (Å²) in [5.74, 6) is 1.84. The maximum absolute atomic E-state index is 12.7. The fourth-order valence-corrected chi connectivity index (χ4v) is 3.82. The lowest BCUT2D eigenvalue weighted by Gasteiger charge is -2.28. The smallest absolute Gasteiger partial charge is 0.240 e. The molecule has 3 unspecified atom stereocenters. The predicted molar refractivity (Wildman–Crippen MR) is 72.3 cm³/mol. The van der Waals surface area contributed by atoms with Crippen molar-refractivity contribution in [1.82, 2.24) is 10.2 Å². The van der Waals surface area contributed by atoms with E-state index >= 15 is 0 Å². The Morgan fingerprint density at radius 3 is 2.83 bits per heavy atom. The molecule has 1 amide bonds. The highest BCUT2D eigenvalue weighted by Crippen LogP contribution is 2.39. The van der Waals surface area contributed by atoms with E-state index in [4.69, 9.17) is 0 Å². The number of unbranched alkanes of at least 4 members (excludes halogenated alkanes) is 1. The maximum atomic E-state index is 12.7. The molecule has 3 aliphatic rings. The van der Waals surface area contributed by atoms with Crippen LogP contribution in [-0.4, -0.2) is 36.0 Å². The van der Waals surface area contributed by atoms with Crippen LogP contribution in [0.2, 0.25) is 0 Å². The normalized spacial score (nSPS) is 34.6. The van der Waals surface area contributed by atoms with E-state index < -0.39 is 0 Å². The third-order valence-corrected chi connectivity index (χ3v) is 5.04. The van der Waals surface area contributed by atoms with E-state index in [0.29, 0.717) is 17.9 Å². The van der Waals surface area contributed by atoms with Crippen molar-refractivity contribution < 1.29 is 4.79 Å². The fourth-order valence-electron chi connectivity index (χ4n) is 3.82. The van der Waals surface area contributed by atoms with Gasteiger partial charge in [0, 0.05) is 12.6 Å². The minimum atomic E-state index is 0.148. The summed E-state index contributed by atoms with van der Waals surface area (Å²) in [6.07, 6.45) is 8.73. The molecule has 3 fully saturated rings. The number of hydrogen-bond donors (Lipinski definition) is 1. The van der Waals surface area contributed by atoms with Gasteiger partial charge in [0.15, 0.2) is 0 Å². The zero-order chi connectivity index (χ0) is 12.5. The highest BCUT2D eigenvalue weighted by Gasteiger charge is 2.45. The van der Waals surface area contributed by atoms with Crippen molar-refractivity contribution >= 4 is 5.91 Å². The molecule has 2 saturated carbocycles. The van der Waals surface area contributed by atoms with Gasteiger partial charge in [0.25, 0.3) is 0 Å². The van der Waals surface area contributed by atoms with Crippen LogP contribution in [0.4, 0.5) is 0 Å². The molecule has 3 nitrogen and oxygen atoms in total. The second-order valence-corrected chi connectivity index (χ2v) is 6.36. The van der Waals surface area contributed by atoms with Crippen LogP contribution in [0.5, 0.6) is 0 Å². The number of hydrogen-bond acceptors (Lipinski definition) is 2. The Hall–Kier alpha value is -0.570. The summed E-state index contributed by atoms with van der Waals surface area (Å²) in [5.41, 5.74) is 0. The van der Waals surface area contributed by atoms with E-state index in [0.717, 1.165) is 25.4 Å². The van der Waals surface area contributed by atoms with Crippen molar-refractivity contribution in [2.45, 2.75) is 64.0 Å². The van der Waals surface area contributed by atoms with Crippen molar-refractivity contribution in [2.24, 2.45) is 11.8 Å². The van der Waals surface area contributed by atoms with Gasteiger partial charge >= 0.3 is 0 Å². The molecule has 3 heteroatoms. The number of rotatable bonds is 5. The van der Waals surface area contributed by atoms with Crippen molar-refractivity contribution in [2.75, 3.05) is 13.1 Å². The number of carbonyl (C=O) groups excluding carboxylic acids is 1. The number of fused-ring (bicyclic) bond motifs is 1. The molecule has 102 valence electrons. The van der Waals surface area contributed by atoms with Gasteiger partial charge in [0.05, 0.1) is 6.04 Å². The molecule has 1 saturated heterocycles. The number of nitrogens with zero attached hydrogens (tertiary/aromatic N) is 1. The van der Waals surface area contributed by atoms with Crippen molar-refractivity contribution in [3.05, 3.63) is 0 Å². The van der Waals surface area contributed by atoms with E-state index in [2.05, 4.69) is 17.1 Å². The van der Waals surface area contributed by atoms with Crippen LogP contribution in [0.3, 0.4) is 0 Å². The second kappa shape index (κ2) is 5.20.